The summed E-state index contributed by atoms with van der Waals surface area (Å²) in [7, 11) is 0. The van der Waals surface area contributed by atoms with Crippen molar-refractivity contribution < 1.29 is 29.0 Å². The number of amides is 2. The van der Waals surface area contributed by atoms with Crippen LogP contribution in [0.25, 0.3) is 11.1 Å². The van der Waals surface area contributed by atoms with Gasteiger partial charge in [0.1, 0.15) is 12.2 Å². The molecule has 1 heterocycles. The highest BCUT2D eigenvalue weighted by atomic mass is 16.6. The molecule has 1 N–H and O–H groups in total. The molecule has 2 aliphatic carbocycles. The Morgan fingerprint density at radius 3 is 2.00 bits per heavy atom. The number of piperidine rings is 1. The molecule has 0 aromatic heterocycles. The standard InChI is InChI=1S/C30H36N2O6/c1-30(2,3)38-28(35)31-14-12-20(13-15-31)32(21-16-19(17-21)27(33)34)29(36)37-18-26-24-10-6-4-8-22(24)23-9-5-7-11-25(23)26/h4-11,19-21,26H,12-18H2,1-3H3,(H,33,34). The summed E-state index contributed by atoms with van der Waals surface area (Å²) < 4.78 is 11.5. The molecule has 0 spiro atoms. The molecule has 2 aromatic rings. The summed E-state index contributed by atoms with van der Waals surface area (Å²) in [5, 5.41) is 9.41. The van der Waals surface area contributed by atoms with Gasteiger partial charge in [-0.1, -0.05) is 48.5 Å². The second-order valence-corrected chi connectivity index (χ2v) is 11.6. The average molecular weight is 521 g/mol. The molecule has 2 aromatic carbocycles. The average Bonchev–Trinajstić information content (AvgIpc) is 3.17. The molecule has 8 heteroatoms. The van der Waals surface area contributed by atoms with Gasteiger partial charge < -0.3 is 24.4 Å². The van der Waals surface area contributed by atoms with Crippen molar-refractivity contribution in [1.82, 2.24) is 9.80 Å². The molecule has 1 saturated carbocycles. The molecular formula is C30H36N2O6. The van der Waals surface area contributed by atoms with Crippen molar-refractivity contribution in [1.29, 1.82) is 0 Å². The van der Waals surface area contributed by atoms with E-state index < -0.39 is 23.6 Å². The van der Waals surface area contributed by atoms with Crippen LogP contribution in [0.5, 0.6) is 0 Å². The number of hydrogen-bond donors (Lipinski definition) is 1. The lowest BCUT2D eigenvalue weighted by Crippen LogP contribution is -2.57. The lowest BCUT2D eigenvalue weighted by atomic mass is 9.78. The lowest BCUT2D eigenvalue weighted by Gasteiger charge is -2.46. The minimum atomic E-state index is -0.825. The van der Waals surface area contributed by atoms with Gasteiger partial charge in [0.05, 0.1) is 5.92 Å². The summed E-state index contributed by atoms with van der Waals surface area (Å²) in [6.45, 7) is 6.68. The Morgan fingerprint density at radius 2 is 1.47 bits per heavy atom. The van der Waals surface area contributed by atoms with E-state index in [-0.39, 0.29) is 30.7 Å². The summed E-state index contributed by atoms with van der Waals surface area (Å²) in [6, 6.07) is 16.1. The number of carboxylic acid groups (broad SMARTS) is 1. The first kappa shape index (κ1) is 26.1. The Balaban J connectivity index is 1.28. The molecule has 0 atom stereocenters. The van der Waals surface area contributed by atoms with Gasteiger partial charge in [-0.15, -0.1) is 0 Å². The number of likely N-dealkylation sites (tertiary alicyclic amines) is 1. The van der Waals surface area contributed by atoms with Crippen molar-refractivity contribution >= 4 is 18.2 Å². The zero-order valence-corrected chi connectivity index (χ0v) is 22.3. The largest absolute Gasteiger partial charge is 0.481 e. The molecule has 1 aliphatic heterocycles. The molecule has 0 radical (unpaired) electrons. The van der Waals surface area contributed by atoms with Crippen molar-refractivity contribution in [3.8, 4) is 11.1 Å². The van der Waals surface area contributed by atoms with Crippen LogP contribution in [0.15, 0.2) is 48.5 Å². The Bertz CT molecular complexity index is 1160. The van der Waals surface area contributed by atoms with Crippen molar-refractivity contribution in [2.75, 3.05) is 19.7 Å². The van der Waals surface area contributed by atoms with Crippen LogP contribution in [0.4, 0.5) is 9.59 Å². The van der Waals surface area contributed by atoms with Gasteiger partial charge in [0.2, 0.25) is 0 Å². The number of ether oxygens (including phenoxy) is 2. The molecule has 0 unspecified atom stereocenters. The van der Waals surface area contributed by atoms with Crippen molar-refractivity contribution in [3.63, 3.8) is 0 Å². The smallest absolute Gasteiger partial charge is 0.410 e. The predicted octanol–water partition coefficient (Wildman–Crippen LogP) is 5.50. The third-order valence-electron chi connectivity index (χ3n) is 7.91. The van der Waals surface area contributed by atoms with Gasteiger partial charge in [-0.2, -0.15) is 0 Å². The minimum Gasteiger partial charge on any atom is -0.481 e. The maximum atomic E-state index is 13.6. The molecule has 8 nitrogen and oxygen atoms in total. The Labute approximate surface area is 223 Å². The van der Waals surface area contributed by atoms with E-state index in [1.807, 2.05) is 45.0 Å². The number of aliphatic carboxylic acids is 1. The number of rotatable bonds is 5. The number of carboxylic acids is 1. The van der Waals surface area contributed by atoms with Crippen LogP contribution in [0.2, 0.25) is 0 Å². The van der Waals surface area contributed by atoms with Gasteiger partial charge in [0.15, 0.2) is 0 Å². The van der Waals surface area contributed by atoms with E-state index >= 15 is 0 Å². The Hall–Kier alpha value is -3.55. The second-order valence-electron chi connectivity index (χ2n) is 11.6. The van der Waals surface area contributed by atoms with E-state index in [9.17, 15) is 19.5 Å². The van der Waals surface area contributed by atoms with Crippen molar-refractivity contribution in [2.24, 2.45) is 5.92 Å². The third-order valence-corrected chi connectivity index (χ3v) is 7.91. The topological polar surface area (TPSA) is 96.4 Å². The van der Waals surface area contributed by atoms with Crippen LogP contribution >= 0.6 is 0 Å². The first-order chi connectivity index (χ1) is 18.1. The number of carbonyl (C=O) groups excluding carboxylic acids is 2. The highest BCUT2D eigenvalue weighted by Crippen LogP contribution is 2.45. The quantitative estimate of drug-likeness (QED) is 0.559. The fourth-order valence-corrected chi connectivity index (χ4v) is 5.93. The molecule has 1 saturated heterocycles. The van der Waals surface area contributed by atoms with Gasteiger partial charge in [0, 0.05) is 31.1 Å². The number of nitrogens with zero attached hydrogens (tertiary/aromatic N) is 2. The fraction of sp³-hybridized carbons (Fsp3) is 0.500. The predicted molar refractivity (Wildman–Crippen MR) is 142 cm³/mol. The number of carbonyl (C=O) groups is 3. The zero-order chi connectivity index (χ0) is 27.0. The van der Waals surface area contributed by atoms with Crippen LogP contribution in [-0.4, -0.2) is 70.4 Å². The summed E-state index contributed by atoms with van der Waals surface area (Å²) in [5.41, 5.74) is 4.05. The second kappa shape index (κ2) is 10.3. The molecule has 2 fully saturated rings. The van der Waals surface area contributed by atoms with Crippen LogP contribution in [0.1, 0.15) is 63.5 Å². The highest BCUT2D eigenvalue weighted by Gasteiger charge is 2.44. The fourth-order valence-electron chi connectivity index (χ4n) is 5.93. The normalized spacial score (nSPS) is 21.2. The molecular weight excluding hydrogens is 484 g/mol. The van der Waals surface area contributed by atoms with E-state index in [4.69, 9.17) is 9.47 Å². The summed E-state index contributed by atoms with van der Waals surface area (Å²) >= 11 is 0. The third kappa shape index (κ3) is 5.22. The van der Waals surface area contributed by atoms with Crippen molar-refractivity contribution in [2.45, 2.75) is 70.1 Å². The molecule has 202 valence electrons. The SMILES string of the molecule is CC(C)(C)OC(=O)N1CCC(N(C(=O)OCC2c3ccccc3-c3ccccc32)C2CC(C(=O)O)C2)CC1. The van der Waals surface area contributed by atoms with Gasteiger partial charge >= 0.3 is 18.2 Å². The first-order valence-electron chi connectivity index (χ1n) is 13.5. The van der Waals surface area contributed by atoms with E-state index in [1.54, 1.807) is 9.80 Å². The molecule has 2 amide bonds. The Kier molecular flexibility index (Phi) is 7.07. The van der Waals surface area contributed by atoms with Gasteiger partial charge in [-0.25, -0.2) is 9.59 Å². The zero-order valence-electron chi connectivity index (χ0n) is 22.3. The summed E-state index contributed by atoms with van der Waals surface area (Å²) in [5.74, 6) is -1.31. The number of hydrogen-bond acceptors (Lipinski definition) is 5. The van der Waals surface area contributed by atoms with E-state index in [0.29, 0.717) is 38.8 Å². The summed E-state index contributed by atoms with van der Waals surface area (Å²) in [6.07, 6.45) is 1.28. The highest BCUT2D eigenvalue weighted by molar-refractivity contribution is 5.79. The summed E-state index contributed by atoms with van der Waals surface area (Å²) in [4.78, 5) is 41.0. The van der Waals surface area contributed by atoms with E-state index in [0.717, 1.165) is 11.1 Å². The van der Waals surface area contributed by atoms with Gasteiger partial charge in [-0.05, 0) is 68.7 Å². The molecule has 5 rings (SSSR count). The lowest BCUT2D eigenvalue weighted by molar-refractivity contribution is -0.147. The number of benzene rings is 2. The van der Waals surface area contributed by atoms with E-state index in [1.165, 1.54) is 11.1 Å². The van der Waals surface area contributed by atoms with E-state index in [2.05, 4.69) is 24.3 Å². The minimum absolute atomic E-state index is 0.0459. The number of fused-ring (bicyclic) bond motifs is 3. The first-order valence-corrected chi connectivity index (χ1v) is 13.5. The van der Waals surface area contributed by atoms with Crippen LogP contribution in [0, 0.1) is 5.92 Å². The van der Waals surface area contributed by atoms with Crippen LogP contribution in [-0.2, 0) is 14.3 Å². The van der Waals surface area contributed by atoms with Gasteiger partial charge in [-0.3, -0.25) is 4.79 Å². The maximum absolute atomic E-state index is 13.6. The van der Waals surface area contributed by atoms with Crippen LogP contribution < -0.4 is 0 Å². The maximum Gasteiger partial charge on any atom is 0.410 e. The monoisotopic (exact) mass is 520 g/mol. The van der Waals surface area contributed by atoms with Crippen LogP contribution in [0.3, 0.4) is 0 Å². The van der Waals surface area contributed by atoms with Crippen molar-refractivity contribution in [3.05, 3.63) is 59.7 Å². The molecule has 3 aliphatic rings. The Morgan fingerprint density at radius 1 is 0.921 bits per heavy atom. The van der Waals surface area contributed by atoms with Gasteiger partial charge in [0.25, 0.3) is 0 Å². The molecule has 38 heavy (non-hydrogen) atoms. The molecule has 0 bridgehead atoms.